The number of halogens is 1. The SMILES string of the molecule is CC(=O)N1CCC[C@]1(CO)CC(=O)NCc1cccc(Cl)c1. The zero-order valence-corrected chi connectivity index (χ0v) is 13.4. The van der Waals surface area contributed by atoms with Crippen LogP contribution >= 0.6 is 11.6 Å². The number of carbonyl (C=O) groups is 2. The third-order valence-corrected chi connectivity index (χ3v) is 4.37. The van der Waals surface area contributed by atoms with E-state index < -0.39 is 5.54 Å². The molecule has 0 aromatic heterocycles. The molecular formula is C16H21ClN2O3. The van der Waals surface area contributed by atoms with Crippen LogP contribution in [-0.2, 0) is 16.1 Å². The average Bonchev–Trinajstić information content (AvgIpc) is 2.89. The number of hydrogen-bond acceptors (Lipinski definition) is 3. The Labute approximate surface area is 135 Å². The van der Waals surface area contributed by atoms with Gasteiger partial charge < -0.3 is 15.3 Å². The lowest BCUT2D eigenvalue weighted by molar-refractivity contribution is -0.137. The van der Waals surface area contributed by atoms with E-state index in [1.54, 1.807) is 17.0 Å². The van der Waals surface area contributed by atoms with E-state index in [9.17, 15) is 14.7 Å². The minimum absolute atomic E-state index is 0.103. The molecule has 1 saturated heterocycles. The molecule has 0 radical (unpaired) electrons. The molecule has 1 atom stereocenters. The van der Waals surface area contributed by atoms with Gasteiger partial charge in [-0.1, -0.05) is 23.7 Å². The van der Waals surface area contributed by atoms with Crippen LogP contribution in [0.3, 0.4) is 0 Å². The second-order valence-corrected chi connectivity index (χ2v) is 6.18. The summed E-state index contributed by atoms with van der Waals surface area (Å²) in [5.41, 5.74) is 0.151. The number of amides is 2. The predicted octanol–water partition coefficient (Wildman–Crippen LogP) is 1.72. The molecule has 0 saturated carbocycles. The van der Waals surface area contributed by atoms with Crippen molar-refractivity contribution in [3.8, 4) is 0 Å². The van der Waals surface area contributed by atoms with Gasteiger partial charge in [-0.2, -0.15) is 0 Å². The number of aliphatic hydroxyl groups excluding tert-OH is 1. The minimum Gasteiger partial charge on any atom is -0.394 e. The van der Waals surface area contributed by atoms with Gasteiger partial charge in [0.2, 0.25) is 11.8 Å². The predicted molar refractivity (Wildman–Crippen MR) is 84.4 cm³/mol. The van der Waals surface area contributed by atoms with Gasteiger partial charge >= 0.3 is 0 Å². The second kappa shape index (κ2) is 7.11. The Morgan fingerprint density at radius 1 is 1.45 bits per heavy atom. The van der Waals surface area contributed by atoms with E-state index >= 15 is 0 Å². The van der Waals surface area contributed by atoms with Gasteiger partial charge in [0.15, 0.2) is 0 Å². The van der Waals surface area contributed by atoms with Crippen LogP contribution in [0.25, 0.3) is 0 Å². The largest absolute Gasteiger partial charge is 0.394 e. The van der Waals surface area contributed by atoms with Crippen LogP contribution < -0.4 is 5.32 Å². The van der Waals surface area contributed by atoms with Crippen molar-refractivity contribution >= 4 is 23.4 Å². The zero-order valence-electron chi connectivity index (χ0n) is 12.6. The van der Waals surface area contributed by atoms with E-state index in [4.69, 9.17) is 11.6 Å². The van der Waals surface area contributed by atoms with E-state index in [1.807, 2.05) is 12.1 Å². The Morgan fingerprint density at radius 2 is 2.23 bits per heavy atom. The van der Waals surface area contributed by atoms with Gasteiger partial charge in [-0.15, -0.1) is 0 Å². The highest BCUT2D eigenvalue weighted by molar-refractivity contribution is 6.30. The molecule has 1 aromatic rings. The number of benzene rings is 1. The van der Waals surface area contributed by atoms with Gasteiger partial charge in [0.25, 0.3) is 0 Å². The van der Waals surface area contributed by atoms with Crippen molar-refractivity contribution < 1.29 is 14.7 Å². The van der Waals surface area contributed by atoms with Crippen molar-refractivity contribution in [3.05, 3.63) is 34.9 Å². The molecule has 2 rings (SSSR count). The molecule has 22 heavy (non-hydrogen) atoms. The Balaban J connectivity index is 1.96. The van der Waals surface area contributed by atoms with Crippen molar-refractivity contribution in [2.24, 2.45) is 0 Å². The number of rotatable bonds is 5. The molecule has 1 aliphatic heterocycles. The Bertz CT molecular complexity index is 564. The summed E-state index contributed by atoms with van der Waals surface area (Å²) < 4.78 is 0. The molecule has 2 N–H and O–H groups in total. The normalized spacial score (nSPS) is 21.0. The number of aliphatic hydroxyl groups is 1. The lowest BCUT2D eigenvalue weighted by Crippen LogP contribution is -2.51. The molecule has 0 aliphatic carbocycles. The topological polar surface area (TPSA) is 69.6 Å². The van der Waals surface area contributed by atoms with E-state index in [0.717, 1.165) is 12.0 Å². The summed E-state index contributed by atoms with van der Waals surface area (Å²) in [6.45, 7) is 2.25. The minimum atomic E-state index is -0.760. The van der Waals surface area contributed by atoms with Crippen molar-refractivity contribution in [1.82, 2.24) is 10.2 Å². The molecule has 1 heterocycles. The smallest absolute Gasteiger partial charge is 0.222 e. The third kappa shape index (κ3) is 3.78. The third-order valence-electron chi connectivity index (χ3n) is 4.14. The highest BCUT2D eigenvalue weighted by atomic mass is 35.5. The van der Waals surface area contributed by atoms with E-state index in [2.05, 4.69) is 5.32 Å². The van der Waals surface area contributed by atoms with E-state index in [-0.39, 0.29) is 24.8 Å². The number of carbonyl (C=O) groups excluding carboxylic acids is 2. The maximum atomic E-state index is 12.2. The summed E-state index contributed by atoms with van der Waals surface area (Å²) in [6, 6.07) is 7.27. The lowest BCUT2D eigenvalue weighted by atomic mass is 9.92. The zero-order chi connectivity index (χ0) is 16.2. The Hall–Kier alpha value is -1.59. The first-order chi connectivity index (χ1) is 10.5. The molecule has 1 aliphatic rings. The Morgan fingerprint density at radius 3 is 2.86 bits per heavy atom. The van der Waals surface area contributed by atoms with Gasteiger partial charge in [0.05, 0.1) is 18.6 Å². The lowest BCUT2D eigenvalue weighted by Gasteiger charge is -2.36. The number of hydrogen-bond donors (Lipinski definition) is 2. The molecule has 1 fully saturated rings. The molecular weight excluding hydrogens is 304 g/mol. The maximum Gasteiger partial charge on any atom is 0.222 e. The highest BCUT2D eigenvalue weighted by Gasteiger charge is 2.43. The summed E-state index contributed by atoms with van der Waals surface area (Å²) >= 11 is 5.91. The monoisotopic (exact) mass is 324 g/mol. The fourth-order valence-corrected chi connectivity index (χ4v) is 3.26. The fourth-order valence-electron chi connectivity index (χ4n) is 3.04. The first kappa shape index (κ1) is 16.8. The fraction of sp³-hybridized carbons (Fsp3) is 0.500. The van der Waals surface area contributed by atoms with Crippen LogP contribution in [-0.4, -0.2) is 40.5 Å². The average molecular weight is 325 g/mol. The summed E-state index contributed by atoms with van der Waals surface area (Å²) in [5, 5.41) is 13.2. The molecule has 2 amide bonds. The van der Waals surface area contributed by atoms with Gasteiger partial charge in [0.1, 0.15) is 0 Å². The quantitative estimate of drug-likeness (QED) is 0.866. The maximum absolute atomic E-state index is 12.2. The van der Waals surface area contributed by atoms with Crippen molar-refractivity contribution in [2.45, 2.75) is 38.3 Å². The highest BCUT2D eigenvalue weighted by Crippen LogP contribution is 2.32. The Kier molecular flexibility index (Phi) is 5.42. The molecule has 0 bridgehead atoms. The van der Waals surface area contributed by atoms with Crippen LogP contribution in [0.15, 0.2) is 24.3 Å². The number of nitrogens with one attached hydrogen (secondary N) is 1. The van der Waals surface area contributed by atoms with Crippen LogP contribution in [0.2, 0.25) is 5.02 Å². The summed E-state index contributed by atoms with van der Waals surface area (Å²) in [7, 11) is 0. The first-order valence-electron chi connectivity index (χ1n) is 7.37. The molecule has 0 spiro atoms. The number of likely N-dealkylation sites (tertiary alicyclic amines) is 1. The summed E-state index contributed by atoms with van der Waals surface area (Å²) in [5.74, 6) is -0.281. The molecule has 5 nitrogen and oxygen atoms in total. The molecule has 0 unspecified atom stereocenters. The van der Waals surface area contributed by atoms with Crippen molar-refractivity contribution in [3.63, 3.8) is 0 Å². The standard InChI is InChI=1S/C16H21ClN2O3/c1-12(21)19-7-3-6-16(19,11-20)9-15(22)18-10-13-4-2-5-14(17)8-13/h2,4-5,8,20H,3,6-7,9-11H2,1H3,(H,18,22)/t16-/m1/s1. The van der Waals surface area contributed by atoms with Crippen LogP contribution in [0.1, 0.15) is 31.7 Å². The van der Waals surface area contributed by atoms with Gasteiger partial charge in [-0.05, 0) is 30.5 Å². The van der Waals surface area contributed by atoms with Crippen LogP contribution in [0.5, 0.6) is 0 Å². The first-order valence-corrected chi connectivity index (χ1v) is 7.75. The van der Waals surface area contributed by atoms with Gasteiger partial charge in [-0.25, -0.2) is 0 Å². The second-order valence-electron chi connectivity index (χ2n) is 5.74. The van der Waals surface area contributed by atoms with Gasteiger partial charge in [0, 0.05) is 25.0 Å². The van der Waals surface area contributed by atoms with Crippen LogP contribution in [0, 0.1) is 0 Å². The van der Waals surface area contributed by atoms with Crippen molar-refractivity contribution in [2.75, 3.05) is 13.2 Å². The molecule has 120 valence electrons. The number of nitrogens with zero attached hydrogens (tertiary/aromatic N) is 1. The molecule has 1 aromatic carbocycles. The van der Waals surface area contributed by atoms with Crippen molar-refractivity contribution in [1.29, 1.82) is 0 Å². The summed E-state index contributed by atoms with van der Waals surface area (Å²) in [6.07, 6.45) is 1.57. The van der Waals surface area contributed by atoms with E-state index in [1.165, 1.54) is 6.92 Å². The van der Waals surface area contributed by atoms with E-state index in [0.29, 0.717) is 24.5 Å². The summed E-state index contributed by atoms with van der Waals surface area (Å²) in [4.78, 5) is 25.5. The molecule has 6 heteroatoms. The van der Waals surface area contributed by atoms with Gasteiger partial charge in [-0.3, -0.25) is 9.59 Å². The van der Waals surface area contributed by atoms with Crippen LogP contribution in [0.4, 0.5) is 0 Å².